The molecular weight excluding hydrogens is 260 g/mol. The minimum absolute atomic E-state index is 0.0976. The van der Waals surface area contributed by atoms with Crippen molar-refractivity contribution in [3.05, 3.63) is 28.7 Å². The van der Waals surface area contributed by atoms with E-state index in [1.165, 1.54) is 6.20 Å². The molecule has 0 amide bonds. The predicted molar refractivity (Wildman–Crippen MR) is 64.9 cm³/mol. The van der Waals surface area contributed by atoms with E-state index >= 15 is 0 Å². The van der Waals surface area contributed by atoms with Crippen molar-refractivity contribution in [1.82, 2.24) is 9.71 Å². The lowest BCUT2D eigenvalue weighted by Crippen LogP contribution is -2.31. The molecule has 2 N–H and O–H groups in total. The number of H-pyrrole nitrogens is 1. The van der Waals surface area contributed by atoms with Crippen molar-refractivity contribution in [3.63, 3.8) is 0 Å². The molecule has 0 aliphatic carbocycles. The zero-order valence-corrected chi connectivity index (χ0v) is 10.8. The fourth-order valence-electron chi connectivity index (χ4n) is 1.18. The quantitative estimate of drug-likeness (QED) is 0.613. The maximum atomic E-state index is 11.7. The van der Waals surface area contributed by atoms with Gasteiger partial charge in [-0.1, -0.05) is 0 Å². The molecule has 1 aromatic rings. The van der Waals surface area contributed by atoms with E-state index in [2.05, 4.69) is 9.71 Å². The lowest BCUT2D eigenvalue weighted by atomic mass is 10.5. The van der Waals surface area contributed by atoms with Crippen molar-refractivity contribution in [2.24, 2.45) is 0 Å². The Balaban J connectivity index is 2.46. The third kappa shape index (κ3) is 4.57. The Hall–Kier alpha value is -1.22. The molecule has 0 atom stereocenters. The van der Waals surface area contributed by atoms with Crippen LogP contribution in [0.25, 0.3) is 0 Å². The number of aromatic amines is 1. The van der Waals surface area contributed by atoms with Crippen molar-refractivity contribution >= 4 is 10.0 Å². The van der Waals surface area contributed by atoms with Gasteiger partial charge < -0.3 is 14.5 Å². The normalized spacial score (nSPS) is 11.6. The van der Waals surface area contributed by atoms with Crippen LogP contribution in [0.15, 0.2) is 28.2 Å². The molecule has 1 aromatic heterocycles. The number of hydrogen-bond acceptors (Lipinski definition) is 5. The van der Waals surface area contributed by atoms with E-state index in [1.807, 2.05) is 0 Å². The van der Waals surface area contributed by atoms with Crippen LogP contribution >= 0.6 is 0 Å². The largest absolute Gasteiger partial charge is 0.382 e. The second-order valence-electron chi connectivity index (χ2n) is 3.38. The van der Waals surface area contributed by atoms with Crippen LogP contribution in [-0.4, -0.2) is 46.9 Å². The Morgan fingerprint density at radius 2 is 2.11 bits per heavy atom. The van der Waals surface area contributed by atoms with E-state index < -0.39 is 15.5 Å². The van der Waals surface area contributed by atoms with Gasteiger partial charge in [0.25, 0.3) is 0 Å². The molecule has 0 spiro atoms. The van der Waals surface area contributed by atoms with Gasteiger partial charge in [0.2, 0.25) is 15.5 Å². The fourth-order valence-corrected chi connectivity index (χ4v) is 2.24. The number of sulfonamides is 1. The summed E-state index contributed by atoms with van der Waals surface area (Å²) in [6.45, 7) is 1.16. The lowest BCUT2D eigenvalue weighted by molar-refractivity contribution is 0.0736. The molecule has 0 bridgehead atoms. The molecule has 18 heavy (non-hydrogen) atoms. The van der Waals surface area contributed by atoms with E-state index in [9.17, 15) is 13.2 Å². The van der Waals surface area contributed by atoms with Crippen LogP contribution < -0.4 is 10.2 Å². The fraction of sp³-hybridized carbons (Fsp3) is 0.500. The molecule has 102 valence electrons. The first-order valence-electron chi connectivity index (χ1n) is 5.31. The summed E-state index contributed by atoms with van der Waals surface area (Å²) in [4.78, 5) is 13.6. The van der Waals surface area contributed by atoms with Gasteiger partial charge in [-0.3, -0.25) is 4.79 Å². The molecule has 0 aliphatic rings. The van der Waals surface area contributed by atoms with Crippen LogP contribution in [-0.2, 0) is 19.5 Å². The Morgan fingerprint density at radius 3 is 2.78 bits per heavy atom. The summed E-state index contributed by atoms with van der Waals surface area (Å²) in [6.07, 6.45) is 2.52. The van der Waals surface area contributed by atoms with Crippen LogP contribution in [0.1, 0.15) is 0 Å². The van der Waals surface area contributed by atoms with Crippen LogP contribution in [0.4, 0.5) is 0 Å². The minimum Gasteiger partial charge on any atom is -0.382 e. The number of nitrogens with one attached hydrogen (secondary N) is 2. The molecule has 0 unspecified atom stereocenters. The number of aromatic nitrogens is 1. The number of methoxy groups -OCH3 is 1. The van der Waals surface area contributed by atoms with Crippen LogP contribution in [0.2, 0.25) is 0 Å². The van der Waals surface area contributed by atoms with Gasteiger partial charge in [-0.05, 0) is 0 Å². The van der Waals surface area contributed by atoms with Crippen molar-refractivity contribution in [3.8, 4) is 0 Å². The second-order valence-corrected chi connectivity index (χ2v) is 5.11. The van der Waals surface area contributed by atoms with Gasteiger partial charge in [0, 0.05) is 32.1 Å². The molecule has 0 radical (unpaired) electrons. The van der Waals surface area contributed by atoms with Crippen LogP contribution in [0.3, 0.4) is 0 Å². The average molecular weight is 276 g/mol. The third-order valence-corrected chi connectivity index (χ3v) is 3.53. The summed E-state index contributed by atoms with van der Waals surface area (Å²) >= 11 is 0. The monoisotopic (exact) mass is 276 g/mol. The van der Waals surface area contributed by atoms with Gasteiger partial charge in [0.15, 0.2) is 0 Å². The maximum absolute atomic E-state index is 11.7. The number of pyridine rings is 1. The molecule has 1 rings (SSSR count). The summed E-state index contributed by atoms with van der Waals surface area (Å²) in [5.41, 5.74) is -0.554. The molecule has 7 nitrogen and oxygen atoms in total. The molecule has 0 fully saturated rings. The van der Waals surface area contributed by atoms with Crippen LogP contribution in [0, 0.1) is 0 Å². The van der Waals surface area contributed by atoms with Crippen molar-refractivity contribution in [1.29, 1.82) is 0 Å². The highest BCUT2D eigenvalue weighted by Gasteiger charge is 2.16. The summed E-state index contributed by atoms with van der Waals surface area (Å²) in [5, 5.41) is 0. The summed E-state index contributed by atoms with van der Waals surface area (Å²) < 4.78 is 35.6. The number of ether oxygens (including phenoxy) is 2. The first-order valence-corrected chi connectivity index (χ1v) is 6.79. The van der Waals surface area contributed by atoms with Gasteiger partial charge in [-0.15, -0.1) is 0 Å². The highest BCUT2D eigenvalue weighted by molar-refractivity contribution is 7.89. The van der Waals surface area contributed by atoms with Gasteiger partial charge >= 0.3 is 0 Å². The SMILES string of the molecule is COCCOCCNS(=O)(=O)c1c[nH]ccc1=O. The summed E-state index contributed by atoms with van der Waals surface area (Å²) in [5.74, 6) is 0. The zero-order chi connectivity index (χ0) is 13.4. The topological polar surface area (TPSA) is 97.5 Å². The third-order valence-electron chi connectivity index (χ3n) is 2.05. The van der Waals surface area contributed by atoms with Crippen molar-refractivity contribution in [2.45, 2.75) is 4.90 Å². The standard InChI is InChI=1S/C10H16N2O5S/c1-16-6-7-17-5-4-12-18(14,15)10-8-11-3-2-9(10)13/h2-3,8,12H,4-7H2,1H3,(H,11,13). The lowest BCUT2D eigenvalue weighted by Gasteiger charge is -2.06. The van der Waals surface area contributed by atoms with E-state index in [0.29, 0.717) is 13.2 Å². The van der Waals surface area contributed by atoms with Gasteiger partial charge in [0.05, 0.1) is 19.8 Å². The molecule has 1 heterocycles. The first kappa shape index (κ1) is 14.8. The average Bonchev–Trinajstić information content (AvgIpc) is 2.34. The Bertz CT molecular complexity index is 511. The molecule has 0 saturated carbocycles. The first-order chi connectivity index (χ1) is 8.58. The van der Waals surface area contributed by atoms with Gasteiger partial charge in [-0.25, -0.2) is 13.1 Å². The zero-order valence-electron chi connectivity index (χ0n) is 10.0. The van der Waals surface area contributed by atoms with E-state index in [1.54, 1.807) is 7.11 Å². The summed E-state index contributed by atoms with van der Waals surface area (Å²) in [7, 11) is -2.24. The van der Waals surface area contributed by atoms with Crippen molar-refractivity contribution < 1.29 is 17.9 Å². The molecule has 8 heteroatoms. The van der Waals surface area contributed by atoms with Crippen LogP contribution in [0.5, 0.6) is 0 Å². The van der Waals surface area contributed by atoms with Gasteiger partial charge in [-0.2, -0.15) is 0 Å². The van der Waals surface area contributed by atoms with E-state index in [0.717, 1.165) is 12.3 Å². The molecule has 0 aromatic carbocycles. The Labute approximate surface area is 105 Å². The smallest absolute Gasteiger partial charge is 0.245 e. The highest BCUT2D eigenvalue weighted by Crippen LogP contribution is 1.98. The summed E-state index contributed by atoms with van der Waals surface area (Å²) in [6, 6.07) is 1.16. The Morgan fingerprint density at radius 1 is 1.33 bits per heavy atom. The number of rotatable bonds is 8. The van der Waals surface area contributed by atoms with Gasteiger partial charge in [0.1, 0.15) is 4.90 Å². The second kappa shape index (κ2) is 7.27. The predicted octanol–water partition coefficient (Wildman–Crippen LogP) is -0.684. The highest BCUT2D eigenvalue weighted by atomic mass is 32.2. The minimum atomic E-state index is -3.79. The number of hydrogen-bond donors (Lipinski definition) is 2. The van der Waals surface area contributed by atoms with E-state index in [4.69, 9.17) is 9.47 Å². The molecule has 0 saturated heterocycles. The maximum Gasteiger partial charge on any atom is 0.245 e. The van der Waals surface area contributed by atoms with E-state index in [-0.39, 0.29) is 18.0 Å². The molecular formula is C10H16N2O5S. The Kier molecular flexibility index (Phi) is 5.99. The van der Waals surface area contributed by atoms with Crippen molar-refractivity contribution in [2.75, 3.05) is 33.5 Å². The molecule has 0 aliphatic heterocycles.